The molecule has 0 bridgehead atoms. The molecule has 0 saturated heterocycles. The molecule has 0 radical (unpaired) electrons. The minimum Gasteiger partial charge on any atom is -0.321 e. The lowest BCUT2D eigenvalue weighted by atomic mass is 10.2. The summed E-state index contributed by atoms with van der Waals surface area (Å²) in [6.07, 6.45) is 3.31. The zero-order chi connectivity index (χ0) is 16.2. The smallest absolute Gasteiger partial charge is 0.257 e. The summed E-state index contributed by atoms with van der Waals surface area (Å²) in [5, 5.41) is 11.6. The fraction of sp³-hybridized carbons (Fsp3) is 0.125. The fourth-order valence-electron chi connectivity index (χ4n) is 2.04. The van der Waals surface area contributed by atoms with Gasteiger partial charge in [-0.1, -0.05) is 12.1 Å². The first-order valence-electron chi connectivity index (χ1n) is 6.99. The van der Waals surface area contributed by atoms with E-state index in [9.17, 15) is 4.79 Å². The Kier molecular flexibility index (Phi) is 4.38. The van der Waals surface area contributed by atoms with Crippen molar-refractivity contribution in [1.82, 2.24) is 19.7 Å². The molecule has 116 valence electrons. The Balaban J connectivity index is 1.85. The predicted octanol–water partition coefficient (Wildman–Crippen LogP) is 2.92. The number of pyridine rings is 1. The van der Waals surface area contributed by atoms with E-state index in [-0.39, 0.29) is 5.91 Å². The van der Waals surface area contributed by atoms with Crippen LogP contribution in [0.1, 0.15) is 16.1 Å². The van der Waals surface area contributed by atoms with Crippen LogP contribution in [0.15, 0.2) is 59.0 Å². The highest BCUT2D eigenvalue weighted by atomic mass is 32.2. The molecule has 0 aliphatic rings. The van der Waals surface area contributed by atoms with E-state index in [4.69, 9.17) is 0 Å². The highest BCUT2D eigenvalue weighted by Gasteiger charge is 2.13. The summed E-state index contributed by atoms with van der Waals surface area (Å²) in [5.41, 5.74) is 1.99. The van der Waals surface area contributed by atoms with Crippen LogP contribution in [0.5, 0.6) is 0 Å². The first-order chi connectivity index (χ1) is 11.1. The Bertz CT molecular complexity index is 846. The fourth-order valence-corrected chi connectivity index (χ4v) is 2.89. The highest BCUT2D eigenvalue weighted by Crippen LogP contribution is 2.32. The number of anilines is 1. The van der Waals surface area contributed by atoms with Gasteiger partial charge in [0, 0.05) is 23.8 Å². The molecule has 3 aromatic rings. The zero-order valence-corrected chi connectivity index (χ0v) is 13.5. The van der Waals surface area contributed by atoms with Crippen molar-refractivity contribution < 1.29 is 4.79 Å². The van der Waals surface area contributed by atoms with E-state index in [2.05, 4.69) is 20.5 Å². The molecule has 7 heteroatoms. The van der Waals surface area contributed by atoms with Gasteiger partial charge in [0.15, 0.2) is 5.16 Å². The van der Waals surface area contributed by atoms with E-state index in [1.165, 1.54) is 11.8 Å². The molecule has 0 atom stereocenters. The number of benzene rings is 1. The first-order valence-corrected chi connectivity index (χ1v) is 7.80. The van der Waals surface area contributed by atoms with Gasteiger partial charge in [0.1, 0.15) is 6.33 Å². The van der Waals surface area contributed by atoms with Crippen molar-refractivity contribution in [3.63, 3.8) is 0 Å². The lowest BCUT2D eigenvalue weighted by Gasteiger charge is -2.11. The topological polar surface area (TPSA) is 72.7 Å². The van der Waals surface area contributed by atoms with E-state index in [0.717, 1.165) is 15.7 Å². The molecular weight excluding hydrogens is 310 g/mol. The van der Waals surface area contributed by atoms with E-state index >= 15 is 0 Å². The summed E-state index contributed by atoms with van der Waals surface area (Å²) >= 11 is 1.45. The molecule has 23 heavy (non-hydrogen) atoms. The summed E-state index contributed by atoms with van der Waals surface area (Å²) < 4.78 is 1.83. The van der Waals surface area contributed by atoms with Gasteiger partial charge in [-0.2, -0.15) is 0 Å². The van der Waals surface area contributed by atoms with E-state index in [1.54, 1.807) is 24.7 Å². The number of amides is 1. The average molecular weight is 325 g/mol. The van der Waals surface area contributed by atoms with Gasteiger partial charge < -0.3 is 9.88 Å². The van der Waals surface area contributed by atoms with Crippen LogP contribution in [0.3, 0.4) is 0 Å². The second kappa shape index (κ2) is 6.62. The molecule has 1 N–H and O–H groups in total. The second-order valence-electron chi connectivity index (χ2n) is 4.91. The van der Waals surface area contributed by atoms with Crippen LogP contribution in [0.25, 0.3) is 0 Å². The molecular formula is C16H15N5OS. The van der Waals surface area contributed by atoms with Gasteiger partial charge in [0.25, 0.3) is 5.91 Å². The molecule has 1 aromatic carbocycles. The summed E-state index contributed by atoms with van der Waals surface area (Å²) in [6, 6.07) is 11.1. The van der Waals surface area contributed by atoms with Gasteiger partial charge in [0.05, 0.1) is 11.3 Å². The maximum atomic E-state index is 12.5. The van der Waals surface area contributed by atoms with Gasteiger partial charge in [-0.15, -0.1) is 10.2 Å². The van der Waals surface area contributed by atoms with E-state index in [1.807, 2.05) is 42.8 Å². The minimum atomic E-state index is -0.179. The van der Waals surface area contributed by atoms with Gasteiger partial charge in [0.2, 0.25) is 0 Å². The average Bonchev–Trinajstić information content (AvgIpc) is 2.95. The lowest BCUT2D eigenvalue weighted by molar-refractivity contribution is 0.102. The Morgan fingerprint density at radius 2 is 2.04 bits per heavy atom. The standard InChI is InChI=1S/C16H15N5OS/c1-11-12(6-5-9-17-11)15(22)19-13-7-3-4-8-14(13)23-16-20-18-10-21(16)2/h3-10H,1-2H3,(H,19,22). The molecule has 0 aliphatic carbocycles. The Labute approximate surface area is 138 Å². The van der Waals surface area contributed by atoms with Crippen LogP contribution in [0, 0.1) is 6.92 Å². The monoisotopic (exact) mass is 325 g/mol. The van der Waals surface area contributed by atoms with Crippen LogP contribution in [0.4, 0.5) is 5.69 Å². The minimum absolute atomic E-state index is 0.179. The van der Waals surface area contributed by atoms with Crippen LogP contribution >= 0.6 is 11.8 Å². The first kappa shape index (κ1) is 15.2. The lowest BCUT2D eigenvalue weighted by Crippen LogP contribution is -2.14. The normalized spacial score (nSPS) is 10.5. The number of hydrogen-bond acceptors (Lipinski definition) is 5. The van der Waals surface area contributed by atoms with Crippen LogP contribution in [-0.4, -0.2) is 25.7 Å². The molecule has 3 rings (SSSR count). The molecule has 1 amide bonds. The summed E-state index contributed by atoms with van der Waals surface area (Å²) in [6.45, 7) is 1.81. The Hall–Kier alpha value is -2.67. The number of aromatic nitrogens is 4. The number of aryl methyl sites for hydroxylation is 2. The molecule has 0 unspecified atom stereocenters. The third kappa shape index (κ3) is 3.40. The zero-order valence-electron chi connectivity index (χ0n) is 12.7. The van der Waals surface area contributed by atoms with Crippen molar-refractivity contribution in [3.05, 3.63) is 60.2 Å². The van der Waals surface area contributed by atoms with Crippen LogP contribution in [-0.2, 0) is 7.05 Å². The number of carbonyl (C=O) groups is 1. The number of nitrogens with one attached hydrogen (secondary N) is 1. The molecule has 0 fully saturated rings. The van der Waals surface area contributed by atoms with Gasteiger partial charge in [-0.25, -0.2) is 0 Å². The number of hydrogen-bond donors (Lipinski definition) is 1. The molecule has 0 spiro atoms. The van der Waals surface area contributed by atoms with Crippen LogP contribution < -0.4 is 5.32 Å². The van der Waals surface area contributed by atoms with Gasteiger partial charge in [-0.3, -0.25) is 9.78 Å². The van der Waals surface area contributed by atoms with E-state index < -0.39 is 0 Å². The number of carbonyl (C=O) groups excluding carboxylic acids is 1. The number of nitrogens with zero attached hydrogens (tertiary/aromatic N) is 4. The largest absolute Gasteiger partial charge is 0.321 e. The van der Waals surface area contributed by atoms with Gasteiger partial charge in [-0.05, 0) is 43.0 Å². The second-order valence-corrected chi connectivity index (χ2v) is 5.92. The summed E-state index contributed by atoms with van der Waals surface area (Å²) in [7, 11) is 1.88. The SMILES string of the molecule is Cc1ncccc1C(=O)Nc1ccccc1Sc1nncn1C. The summed E-state index contributed by atoms with van der Waals surface area (Å²) in [5.74, 6) is -0.179. The van der Waals surface area contributed by atoms with Gasteiger partial charge >= 0.3 is 0 Å². The Morgan fingerprint density at radius 3 is 2.78 bits per heavy atom. The maximum Gasteiger partial charge on any atom is 0.257 e. The highest BCUT2D eigenvalue weighted by molar-refractivity contribution is 7.99. The van der Waals surface area contributed by atoms with E-state index in [0.29, 0.717) is 11.3 Å². The third-order valence-corrected chi connectivity index (χ3v) is 4.39. The van der Waals surface area contributed by atoms with Crippen molar-refractivity contribution in [2.75, 3.05) is 5.32 Å². The van der Waals surface area contributed by atoms with Crippen molar-refractivity contribution in [3.8, 4) is 0 Å². The summed E-state index contributed by atoms with van der Waals surface area (Å²) in [4.78, 5) is 17.5. The quantitative estimate of drug-likeness (QED) is 0.798. The molecule has 2 aromatic heterocycles. The van der Waals surface area contributed by atoms with Crippen molar-refractivity contribution >= 4 is 23.4 Å². The number of para-hydroxylation sites is 1. The number of rotatable bonds is 4. The van der Waals surface area contributed by atoms with Crippen LogP contribution in [0.2, 0.25) is 0 Å². The molecule has 6 nitrogen and oxygen atoms in total. The third-order valence-electron chi connectivity index (χ3n) is 3.26. The molecule has 0 aliphatic heterocycles. The molecule has 0 saturated carbocycles. The molecule has 2 heterocycles. The van der Waals surface area contributed by atoms with Crippen molar-refractivity contribution in [2.24, 2.45) is 7.05 Å². The predicted molar refractivity (Wildman–Crippen MR) is 88.5 cm³/mol. The Morgan fingerprint density at radius 1 is 1.22 bits per heavy atom. The van der Waals surface area contributed by atoms with Crippen molar-refractivity contribution in [2.45, 2.75) is 17.0 Å². The van der Waals surface area contributed by atoms with Crippen molar-refractivity contribution in [1.29, 1.82) is 0 Å². The maximum absolute atomic E-state index is 12.5.